The monoisotopic (exact) mass is 421 g/mol. The van der Waals surface area contributed by atoms with E-state index in [9.17, 15) is 18.5 Å². The lowest BCUT2D eigenvalue weighted by Crippen LogP contribution is -2.40. The van der Waals surface area contributed by atoms with Gasteiger partial charge in [-0.2, -0.15) is 5.06 Å². The number of nitro benzene ring substituents is 1. The molecule has 2 aromatic carbocycles. The zero-order valence-corrected chi connectivity index (χ0v) is 17.0. The first-order valence-electron chi connectivity index (χ1n) is 9.04. The average molecular weight is 421 g/mol. The van der Waals surface area contributed by atoms with E-state index >= 15 is 0 Å². The van der Waals surface area contributed by atoms with Gasteiger partial charge in [-0.25, -0.2) is 13.1 Å². The summed E-state index contributed by atoms with van der Waals surface area (Å²) < 4.78 is 33.8. The standard InChI is InChI=1S/C19H23N3O6S/c1-21-19(15-7-5-8-16(12-15)22(23)24)18(13-28-21)29(25,26)20-11-10-14-6-3-4-9-17(14)27-2/h3-9,12,18-20H,10-11,13H2,1-2H3/t18-,19+/m0/s1. The predicted octanol–water partition coefficient (Wildman–Crippen LogP) is 2.05. The molecule has 0 bridgehead atoms. The Balaban J connectivity index is 1.75. The van der Waals surface area contributed by atoms with E-state index in [0.717, 1.165) is 5.56 Å². The molecule has 0 aromatic heterocycles. The summed E-state index contributed by atoms with van der Waals surface area (Å²) in [5.41, 5.74) is 1.31. The van der Waals surface area contributed by atoms with Crippen molar-refractivity contribution in [3.63, 3.8) is 0 Å². The summed E-state index contributed by atoms with van der Waals surface area (Å²) >= 11 is 0. The molecule has 0 unspecified atom stereocenters. The van der Waals surface area contributed by atoms with Crippen molar-refractivity contribution < 1.29 is 22.9 Å². The molecule has 2 atom stereocenters. The fourth-order valence-electron chi connectivity index (χ4n) is 3.45. The second kappa shape index (κ2) is 8.87. The lowest BCUT2D eigenvalue weighted by molar-refractivity contribution is -0.385. The molecular formula is C19H23N3O6S. The molecule has 10 heteroatoms. The molecule has 0 radical (unpaired) electrons. The smallest absolute Gasteiger partial charge is 0.269 e. The second-order valence-corrected chi connectivity index (χ2v) is 8.66. The molecule has 1 heterocycles. The van der Waals surface area contributed by atoms with Crippen LogP contribution in [0.5, 0.6) is 5.75 Å². The Morgan fingerprint density at radius 3 is 2.76 bits per heavy atom. The van der Waals surface area contributed by atoms with Crippen molar-refractivity contribution in [1.29, 1.82) is 0 Å². The highest BCUT2D eigenvalue weighted by Gasteiger charge is 2.43. The lowest BCUT2D eigenvalue weighted by atomic mass is 10.0. The molecule has 0 saturated carbocycles. The first-order valence-corrected chi connectivity index (χ1v) is 10.6. The van der Waals surface area contributed by atoms with Crippen molar-refractivity contribution in [3.8, 4) is 5.75 Å². The summed E-state index contributed by atoms with van der Waals surface area (Å²) in [7, 11) is -0.554. The molecule has 0 spiro atoms. The maximum Gasteiger partial charge on any atom is 0.269 e. The fraction of sp³-hybridized carbons (Fsp3) is 0.368. The number of non-ortho nitro benzene ring substituents is 1. The van der Waals surface area contributed by atoms with Crippen LogP contribution in [0.2, 0.25) is 0 Å². The number of hydroxylamine groups is 2. The van der Waals surface area contributed by atoms with Crippen molar-refractivity contribution in [1.82, 2.24) is 9.79 Å². The van der Waals surface area contributed by atoms with Gasteiger partial charge >= 0.3 is 0 Å². The van der Waals surface area contributed by atoms with Crippen LogP contribution in [0.3, 0.4) is 0 Å². The Hall–Kier alpha value is -2.53. The van der Waals surface area contributed by atoms with E-state index in [0.29, 0.717) is 17.7 Å². The van der Waals surface area contributed by atoms with E-state index in [4.69, 9.17) is 9.57 Å². The first kappa shape index (κ1) is 21.2. The van der Waals surface area contributed by atoms with E-state index in [1.165, 1.54) is 17.2 Å². The third kappa shape index (κ3) is 4.73. The summed E-state index contributed by atoms with van der Waals surface area (Å²) in [6.45, 7) is 0.165. The number of nitrogens with one attached hydrogen (secondary N) is 1. The number of nitro groups is 1. The van der Waals surface area contributed by atoms with Crippen LogP contribution < -0.4 is 9.46 Å². The fourth-order valence-corrected chi connectivity index (χ4v) is 4.96. The number of sulfonamides is 1. The van der Waals surface area contributed by atoms with Crippen molar-refractivity contribution in [2.45, 2.75) is 17.7 Å². The summed E-state index contributed by atoms with van der Waals surface area (Å²) in [4.78, 5) is 16.0. The summed E-state index contributed by atoms with van der Waals surface area (Å²) in [6.07, 6.45) is 0.466. The van der Waals surface area contributed by atoms with E-state index in [1.807, 2.05) is 24.3 Å². The molecule has 1 N–H and O–H groups in total. The van der Waals surface area contributed by atoms with Crippen LogP contribution >= 0.6 is 0 Å². The van der Waals surface area contributed by atoms with Crippen LogP contribution in [0.25, 0.3) is 0 Å². The molecule has 156 valence electrons. The molecule has 0 amide bonds. The topological polar surface area (TPSA) is 111 Å². The average Bonchev–Trinajstić information content (AvgIpc) is 3.10. The van der Waals surface area contributed by atoms with Gasteiger partial charge in [-0.1, -0.05) is 30.3 Å². The third-order valence-electron chi connectivity index (χ3n) is 4.90. The number of methoxy groups -OCH3 is 1. The zero-order valence-electron chi connectivity index (χ0n) is 16.1. The zero-order chi connectivity index (χ0) is 21.0. The van der Waals surface area contributed by atoms with Crippen LogP contribution in [-0.4, -0.2) is 51.0 Å². The highest BCUT2D eigenvalue weighted by atomic mass is 32.2. The van der Waals surface area contributed by atoms with Gasteiger partial charge in [0.15, 0.2) is 0 Å². The largest absolute Gasteiger partial charge is 0.496 e. The highest BCUT2D eigenvalue weighted by Crippen LogP contribution is 2.34. The number of hydrogen-bond donors (Lipinski definition) is 1. The van der Waals surface area contributed by atoms with E-state index in [-0.39, 0.29) is 18.8 Å². The van der Waals surface area contributed by atoms with Crippen LogP contribution in [-0.2, 0) is 21.3 Å². The SMILES string of the molecule is COc1ccccc1CCNS(=O)(=O)[C@H]1CON(C)[C@@H]1c1cccc([N+](=O)[O-])c1. The van der Waals surface area contributed by atoms with Gasteiger partial charge in [-0.05, 0) is 23.6 Å². The highest BCUT2D eigenvalue weighted by molar-refractivity contribution is 7.90. The summed E-state index contributed by atoms with van der Waals surface area (Å²) in [5, 5.41) is 11.6. The predicted molar refractivity (Wildman–Crippen MR) is 107 cm³/mol. The van der Waals surface area contributed by atoms with Crippen LogP contribution in [0.4, 0.5) is 5.69 Å². The number of hydrogen-bond acceptors (Lipinski definition) is 7. The first-order chi connectivity index (χ1) is 13.8. The molecule has 9 nitrogen and oxygen atoms in total. The normalized spacial score (nSPS) is 19.9. The molecule has 1 aliphatic heterocycles. The molecule has 0 aliphatic carbocycles. The summed E-state index contributed by atoms with van der Waals surface area (Å²) in [5.74, 6) is 0.699. The minimum Gasteiger partial charge on any atom is -0.496 e. The Bertz CT molecular complexity index is 981. The van der Waals surface area contributed by atoms with Crippen molar-refractivity contribution in [3.05, 3.63) is 69.8 Å². The van der Waals surface area contributed by atoms with Crippen LogP contribution in [0.1, 0.15) is 17.2 Å². The van der Waals surface area contributed by atoms with Gasteiger partial charge < -0.3 is 4.74 Å². The van der Waals surface area contributed by atoms with Crippen molar-refractivity contribution >= 4 is 15.7 Å². The van der Waals surface area contributed by atoms with Crippen LogP contribution in [0.15, 0.2) is 48.5 Å². The number of nitrogens with zero attached hydrogens (tertiary/aromatic N) is 2. The Morgan fingerprint density at radius 1 is 1.28 bits per heavy atom. The second-order valence-electron chi connectivity index (χ2n) is 6.68. The Kier molecular flexibility index (Phi) is 6.48. The van der Waals surface area contributed by atoms with Crippen molar-refractivity contribution in [2.75, 3.05) is 27.3 Å². The Labute approximate surface area is 169 Å². The number of benzene rings is 2. The molecule has 1 saturated heterocycles. The van der Waals surface area contributed by atoms with Crippen molar-refractivity contribution in [2.24, 2.45) is 0 Å². The Morgan fingerprint density at radius 2 is 2.03 bits per heavy atom. The van der Waals surface area contributed by atoms with Gasteiger partial charge in [0.1, 0.15) is 11.0 Å². The molecule has 1 fully saturated rings. The quantitative estimate of drug-likeness (QED) is 0.513. The minimum atomic E-state index is -3.74. The molecular weight excluding hydrogens is 398 g/mol. The van der Waals surface area contributed by atoms with Gasteiger partial charge in [-0.15, -0.1) is 0 Å². The van der Waals surface area contributed by atoms with E-state index in [1.54, 1.807) is 26.3 Å². The van der Waals surface area contributed by atoms with Gasteiger partial charge in [0.05, 0.1) is 24.7 Å². The molecule has 3 rings (SSSR count). The minimum absolute atomic E-state index is 0.0339. The maximum atomic E-state index is 12.9. The number of para-hydroxylation sites is 1. The third-order valence-corrected chi connectivity index (χ3v) is 6.70. The van der Waals surface area contributed by atoms with Gasteiger partial charge in [0.25, 0.3) is 5.69 Å². The lowest BCUT2D eigenvalue weighted by Gasteiger charge is -2.23. The van der Waals surface area contributed by atoms with Gasteiger partial charge in [-0.3, -0.25) is 15.0 Å². The maximum absolute atomic E-state index is 12.9. The number of ether oxygens (including phenoxy) is 1. The van der Waals surface area contributed by atoms with Crippen LogP contribution in [0, 0.1) is 10.1 Å². The van der Waals surface area contributed by atoms with Gasteiger partial charge in [0, 0.05) is 25.7 Å². The molecule has 1 aliphatic rings. The molecule has 29 heavy (non-hydrogen) atoms. The van der Waals surface area contributed by atoms with E-state index < -0.39 is 26.2 Å². The number of rotatable bonds is 8. The molecule has 2 aromatic rings. The van der Waals surface area contributed by atoms with E-state index in [2.05, 4.69) is 4.72 Å². The van der Waals surface area contributed by atoms with Gasteiger partial charge in [0.2, 0.25) is 10.0 Å². The summed E-state index contributed by atoms with van der Waals surface area (Å²) in [6, 6.07) is 12.7.